The fraction of sp³-hybridized carbons (Fsp3) is 0.400. The topological polar surface area (TPSA) is 49.7 Å². The highest BCUT2D eigenvalue weighted by Crippen LogP contribution is 2.12. The van der Waals surface area contributed by atoms with Crippen molar-refractivity contribution in [3.8, 4) is 5.75 Å². The summed E-state index contributed by atoms with van der Waals surface area (Å²) in [6.45, 7) is -0.0301. The van der Waals surface area contributed by atoms with Gasteiger partial charge in [-0.25, -0.2) is 4.39 Å². The lowest BCUT2D eigenvalue weighted by Crippen LogP contribution is -2.15. The lowest BCUT2D eigenvalue weighted by molar-refractivity contribution is 0.0753. The third-order valence-corrected chi connectivity index (χ3v) is 1.73. The first-order valence-electron chi connectivity index (χ1n) is 4.39. The summed E-state index contributed by atoms with van der Waals surface area (Å²) in [7, 11) is 0. The number of hydrogen-bond acceptors (Lipinski definition) is 3. The Kier molecular flexibility index (Phi) is 4.35. The first kappa shape index (κ1) is 10.9. The summed E-state index contributed by atoms with van der Waals surface area (Å²) in [6.07, 6.45) is -0.448. The molecule has 2 N–H and O–H groups in total. The molecule has 0 aromatic heterocycles. The molecule has 1 unspecified atom stereocenters. The Morgan fingerprint density at radius 2 is 2.21 bits per heavy atom. The summed E-state index contributed by atoms with van der Waals surface area (Å²) in [5.41, 5.74) is 0. The van der Waals surface area contributed by atoms with Gasteiger partial charge in [-0.3, -0.25) is 0 Å². The van der Waals surface area contributed by atoms with Gasteiger partial charge in [0.05, 0.1) is 19.3 Å². The minimum Gasteiger partial charge on any atom is -0.493 e. The fourth-order valence-corrected chi connectivity index (χ4v) is 0.961. The molecule has 14 heavy (non-hydrogen) atoms. The second-order valence-electron chi connectivity index (χ2n) is 2.93. The van der Waals surface area contributed by atoms with E-state index in [1.54, 1.807) is 12.1 Å². The second-order valence-corrected chi connectivity index (χ2v) is 2.93. The van der Waals surface area contributed by atoms with E-state index >= 15 is 0 Å². The molecule has 78 valence electrons. The minimum atomic E-state index is -0.774. The molecule has 0 spiro atoms. The van der Waals surface area contributed by atoms with Crippen LogP contribution in [-0.2, 0) is 0 Å². The normalized spacial score (nSPS) is 12.5. The summed E-state index contributed by atoms with van der Waals surface area (Å²) in [5, 5.41) is 17.5. The molecular weight excluding hydrogens is 187 g/mol. The lowest BCUT2D eigenvalue weighted by Gasteiger charge is -2.08. The molecule has 3 nitrogen and oxygen atoms in total. The molecule has 0 bridgehead atoms. The van der Waals surface area contributed by atoms with E-state index in [0.717, 1.165) is 0 Å². The first-order valence-corrected chi connectivity index (χ1v) is 4.39. The number of aliphatic hydroxyl groups is 2. The van der Waals surface area contributed by atoms with Gasteiger partial charge in [-0.05, 0) is 12.1 Å². The van der Waals surface area contributed by atoms with Crippen LogP contribution in [0.25, 0.3) is 0 Å². The van der Waals surface area contributed by atoms with Crippen LogP contribution >= 0.6 is 0 Å². The van der Waals surface area contributed by atoms with Gasteiger partial charge in [-0.1, -0.05) is 6.07 Å². The van der Waals surface area contributed by atoms with Gasteiger partial charge in [0.25, 0.3) is 0 Å². The monoisotopic (exact) mass is 200 g/mol. The van der Waals surface area contributed by atoms with Crippen molar-refractivity contribution in [2.45, 2.75) is 12.5 Å². The van der Waals surface area contributed by atoms with Crippen molar-refractivity contribution < 1.29 is 19.3 Å². The molecule has 0 aliphatic heterocycles. The van der Waals surface area contributed by atoms with Gasteiger partial charge in [0, 0.05) is 12.5 Å². The van der Waals surface area contributed by atoms with Crippen LogP contribution in [0.2, 0.25) is 0 Å². The summed E-state index contributed by atoms with van der Waals surface area (Å²) < 4.78 is 17.8. The second kappa shape index (κ2) is 5.57. The van der Waals surface area contributed by atoms with E-state index < -0.39 is 6.10 Å². The van der Waals surface area contributed by atoms with E-state index in [1.807, 2.05) is 0 Å². The predicted molar refractivity (Wildman–Crippen MR) is 49.6 cm³/mol. The van der Waals surface area contributed by atoms with Crippen molar-refractivity contribution in [1.82, 2.24) is 0 Å². The molecule has 0 amide bonds. The van der Waals surface area contributed by atoms with E-state index in [9.17, 15) is 4.39 Å². The van der Waals surface area contributed by atoms with Crippen LogP contribution in [-0.4, -0.2) is 29.5 Å². The van der Waals surface area contributed by atoms with Gasteiger partial charge in [-0.15, -0.1) is 0 Å². The third-order valence-electron chi connectivity index (χ3n) is 1.73. The highest BCUT2D eigenvalue weighted by molar-refractivity contribution is 5.22. The molecule has 1 aromatic carbocycles. The molecule has 0 aliphatic carbocycles. The zero-order chi connectivity index (χ0) is 10.4. The van der Waals surface area contributed by atoms with E-state index in [2.05, 4.69) is 0 Å². The smallest absolute Gasteiger partial charge is 0.126 e. The summed E-state index contributed by atoms with van der Waals surface area (Å²) in [5.74, 6) is 0.0698. The molecule has 1 rings (SSSR count). The number of halogens is 1. The molecule has 0 aliphatic rings. The van der Waals surface area contributed by atoms with Crippen molar-refractivity contribution in [3.05, 3.63) is 30.1 Å². The Bertz CT molecular complexity index is 278. The van der Waals surface area contributed by atoms with Gasteiger partial charge in [0.2, 0.25) is 0 Å². The molecule has 0 saturated heterocycles. The number of aliphatic hydroxyl groups excluding tert-OH is 2. The summed E-state index contributed by atoms with van der Waals surface area (Å²) in [4.78, 5) is 0. The van der Waals surface area contributed by atoms with Crippen molar-refractivity contribution in [1.29, 1.82) is 0 Å². The van der Waals surface area contributed by atoms with Crippen LogP contribution in [0.1, 0.15) is 6.42 Å². The molecule has 1 atom stereocenters. The standard InChI is InChI=1S/C10H13FO3/c11-8-2-1-3-10(6-8)14-5-4-9(13)7-12/h1-3,6,9,12-13H,4-5,7H2. The van der Waals surface area contributed by atoms with Crippen molar-refractivity contribution in [3.63, 3.8) is 0 Å². The lowest BCUT2D eigenvalue weighted by atomic mass is 10.3. The highest BCUT2D eigenvalue weighted by Gasteiger charge is 2.02. The molecule has 0 heterocycles. The average Bonchev–Trinajstić information content (AvgIpc) is 2.17. The van der Waals surface area contributed by atoms with Crippen LogP contribution in [0.15, 0.2) is 24.3 Å². The van der Waals surface area contributed by atoms with Crippen LogP contribution in [0, 0.1) is 5.82 Å². The Hall–Kier alpha value is -1.13. The van der Waals surface area contributed by atoms with Crippen molar-refractivity contribution in [2.75, 3.05) is 13.2 Å². The quantitative estimate of drug-likeness (QED) is 0.744. The highest BCUT2D eigenvalue weighted by atomic mass is 19.1. The van der Waals surface area contributed by atoms with Crippen molar-refractivity contribution >= 4 is 0 Å². The molecule has 0 radical (unpaired) electrons. The van der Waals surface area contributed by atoms with Gasteiger partial charge < -0.3 is 14.9 Å². The maximum Gasteiger partial charge on any atom is 0.126 e. The summed E-state index contributed by atoms with van der Waals surface area (Å²) in [6, 6.07) is 5.78. The van der Waals surface area contributed by atoms with E-state index in [-0.39, 0.29) is 19.0 Å². The fourth-order valence-electron chi connectivity index (χ4n) is 0.961. The Balaban J connectivity index is 2.31. The number of hydrogen-bond donors (Lipinski definition) is 2. The molecule has 0 saturated carbocycles. The van der Waals surface area contributed by atoms with E-state index in [1.165, 1.54) is 12.1 Å². The maximum absolute atomic E-state index is 12.6. The largest absolute Gasteiger partial charge is 0.493 e. The van der Waals surface area contributed by atoms with Crippen molar-refractivity contribution in [2.24, 2.45) is 0 Å². The van der Waals surface area contributed by atoms with Crippen LogP contribution < -0.4 is 4.74 Å². The Morgan fingerprint density at radius 3 is 2.86 bits per heavy atom. The van der Waals surface area contributed by atoms with Gasteiger partial charge in [0.15, 0.2) is 0 Å². The molecular formula is C10H13FO3. The van der Waals surface area contributed by atoms with Crippen LogP contribution in [0.5, 0.6) is 5.75 Å². The molecule has 4 heteroatoms. The van der Waals surface area contributed by atoms with E-state index in [4.69, 9.17) is 14.9 Å². The predicted octanol–water partition coefficient (Wildman–Crippen LogP) is 0.948. The first-order chi connectivity index (χ1) is 6.72. The average molecular weight is 200 g/mol. The maximum atomic E-state index is 12.6. The van der Waals surface area contributed by atoms with E-state index in [0.29, 0.717) is 12.2 Å². The van der Waals surface area contributed by atoms with Crippen LogP contribution in [0.4, 0.5) is 4.39 Å². The third kappa shape index (κ3) is 3.72. The number of rotatable bonds is 5. The summed E-state index contributed by atoms with van der Waals surface area (Å²) >= 11 is 0. The van der Waals surface area contributed by atoms with Gasteiger partial charge >= 0.3 is 0 Å². The zero-order valence-corrected chi connectivity index (χ0v) is 7.69. The Labute approximate surface area is 81.8 Å². The zero-order valence-electron chi connectivity index (χ0n) is 7.69. The van der Waals surface area contributed by atoms with Crippen LogP contribution in [0.3, 0.4) is 0 Å². The molecule has 1 aromatic rings. The molecule has 0 fully saturated rings. The number of benzene rings is 1. The van der Waals surface area contributed by atoms with Gasteiger partial charge in [-0.2, -0.15) is 0 Å². The SMILES string of the molecule is OCC(O)CCOc1cccc(F)c1. The number of ether oxygens (including phenoxy) is 1. The van der Waals surface area contributed by atoms with Gasteiger partial charge in [0.1, 0.15) is 11.6 Å². The Morgan fingerprint density at radius 1 is 1.43 bits per heavy atom. The minimum absolute atomic E-state index is 0.255.